The number of ether oxygens (including phenoxy) is 1. The van der Waals surface area contributed by atoms with E-state index in [-0.39, 0.29) is 23.5 Å². The molecule has 2 aromatic heterocycles. The third-order valence-electron chi connectivity index (χ3n) is 4.12. The number of aromatic amines is 1. The Morgan fingerprint density at radius 2 is 2.03 bits per heavy atom. The number of fused-ring (bicyclic) bond motifs is 1. The van der Waals surface area contributed by atoms with Crippen molar-refractivity contribution in [2.24, 2.45) is 11.1 Å². The Kier molecular flexibility index (Phi) is 8.63. The van der Waals surface area contributed by atoms with Gasteiger partial charge >= 0.3 is 29.4 Å². The molecule has 2 aromatic rings. The van der Waals surface area contributed by atoms with Crippen LogP contribution >= 0.6 is 23.5 Å². The van der Waals surface area contributed by atoms with Gasteiger partial charge in [0.2, 0.25) is 0 Å². The van der Waals surface area contributed by atoms with E-state index in [1.165, 1.54) is 10.9 Å². The molecule has 1 aliphatic heterocycles. The maximum absolute atomic E-state index is 12.2. The fourth-order valence-corrected chi connectivity index (χ4v) is 5.95. The second-order valence-electron chi connectivity index (χ2n) is 6.52. The minimum Gasteiger partial charge on any atom is -0.349 e. The normalized spacial score (nSPS) is 23.6. The standard InChI is InChI=1S/C10H16N9O14P3/c11-17-18-16-10-14-8-7(9(20)15-10)13-3-19(8)6-1-4(30-31-12)5(29-6)2-28-35(24,25)33-36(26,27)32-34(21,22)23/h3-6H,1-2,12H2,(H,24,25)(H,26,27)(H2,21,22,23)(H2,14,15,16,20)/t4-,5+,6+/m0/s1. The molecule has 1 aliphatic rings. The van der Waals surface area contributed by atoms with E-state index in [4.69, 9.17) is 30.8 Å². The first-order valence-corrected chi connectivity index (χ1v) is 13.5. The van der Waals surface area contributed by atoms with E-state index in [0.717, 1.165) is 0 Å². The van der Waals surface area contributed by atoms with Gasteiger partial charge in [-0.15, -0.1) is 10.5 Å². The van der Waals surface area contributed by atoms with Crippen molar-refractivity contribution >= 4 is 40.6 Å². The zero-order valence-electron chi connectivity index (χ0n) is 17.2. The predicted molar refractivity (Wildman–Crippen MR) is 109 cm³/mol. The maximum atomic E-state index is 12.2. The minimum atomic E-state index is -5.73. The summed E-state index contributed by atoms with van der Waals surface area (Å²) in [6.45, 7) is -0.876. The highest BCUT2D eigenvalue weighted by atomic mass is 31.3. The van der Waals surface area contributed by atoms with Crippen LogP contribution in [0, 0.1) is 0 Å². The number of nitrogens with two attached hydrogens (primary N) is 1. The van der Waals surface area contributed by atoms with E-state index >= 15 is 0 Å². The molecular weight excluding hydrogens is 563 g/mol. The van der Waals surface area contributed by atoms with Gasteiger partial charge in [0.05, 0.1) is 12.9 Å². The summed E-state index contributed by atoms with van der Waals surface area (Å²) in [6, 6.07) is 0. The largest absolute Gasteiger partial charge is 0.490 e. The van der Waals surface area contributed by atoms with Crippen LogP contribution in [0.4, 0.5) is 5.95 Å². The molecule has 3 heterocycles. The van der Waals surface area contributed by atoms with Gasteiger partial charge in [0, 0.05) is 6.42 Å². The number of phosphoric acid groups is 3. The summed E-state index contributed by atoms with van der Waals surface area (Å²) in [5, 5.41) is 3.06. The van der Waals surface area contributed by atoms with Gasteiger partial charge in [0.15, 0.2) is 11.2 Å². The first kappa shape index (κ1) is 28.3. The number of nitrogens with zero attached hydrogens (tertiary/aromatic N) is 6. The molecule has 0 radical (unpaired) electrons. The van der Waals surface area contributed by atoms with E-state index in [0.29, 0.717) is 0 Å². The van der Waals surface area contributed by atoms with Gasteiger partial charge in [-0.3, -0.25) is 18.9 Å². The molecule has 0 aliphatic carbocycles. The lowest BCUT2D eigenvalue weighted by molar-refractivity contribution is -0.335. The summed E-state index contributed by atoms with van der Waals surface area (Å²) in [5.41, 5.74) is 9.67. The number of azide groups is 1. The fraction of sp³-hybridized carbons (Fsp3) is 0.500. The molecule has 0 saturated carbocycles. The predicted octanol–water partition coefficient (Wildman–Crippen LogP) is -0.422. The molecule has 0 amide bonds. The highest BCUT2D eigenvalue weighted by Gasteiger charge is 2.44. The molecule has 26 heteroatoms. The number of aromatic nitrogens is 4. The quantitative estimate of drug-likeness (QED) is 0.0419. The highest BCUT2D eigenvalue weighted by molar-refractivity contribution is 7.66. The Morgan fingerprint density at radius 3 is 2.67 bits per heavy atom. The van der Waals surface area contributed by atoms with Crippen molar-refractivity contribution in [3.8, 4) is 0 Å². The molecule has 200 valence electrons. The van der Waals surface area contributed by atoms with Gasteiger partial charge in [-0.25, -0.2) is 23.6 Å². The third kappa shape index (κ3) is 7.37. The summed E-state index contributed by atoms with van der Waals surface area (Å²) >= 11 is 0. The second kappa shape index (κ2) is 11.0. The van der Waals surface area contributed by atoms with Crippen LogP contribution in [0.1, 0.15) is 12.6 Å². The van der Waals surface area contributed by atoms with Gasteiger partial charge in [-0.1, -0.05) is 0 Å². The van der Waals surface area contributed by atoms with Crippen LogP contribution in [0.2, 0.25) is 0 Å². The van der Waals surface area contributed by atoms with Gasteiger partial charge in [-0.05, 0) is 5.22 Å². The number of hydrogen-bond acceptors (Lipinski definition) is 14. The van der Waals surface area contributed by atoms with Gasteiger partial charge in [0.25, 0.3) is 5.56 Å². The van der Waals surface area contributed by atoms with Gasteiger partial charge in [-0.2, -0.15) is 29.8 Å². The van der Waals surface area contributed by atoms with Crippen LogP contribution in [0.5, 0.6) is 0 Å². The Morgan fingerprint density at radius 1 is 1.31 bits per heavy atom. The Hall–Kier alpha value is -2.29. The van der Waals surface area contributed by atoms with E-state index < -0.39 is 54.1 Å². The van der Waals surface area contributed by atoms with Crippen molar-refractivity contribution in [1.29, 1.82) is 0 Å². The van der Waals surface area contributed by atoms with Crippen LogP contribution in [-0.2, 0) is 41.5 Å². The zero-order valence-corrected chi connectivity index (χ0v) is 19.9. The molecule has 0 spiro atoms. The summed E-state index contributed by atoms with van der Waals surface area (Å²) in [4.78, 5) is 69.8. The number of nitrogens with one attached hydrogen (secondary N) is 2. The average Bonchev–Trinajstić information content (AvgIpc) is 3.32. The molecule has 0 aromatic carbocycles. The molecule has 0 bridgehead atoms. The molecule has 36 heavy (non-hydrogen) atoms. The van der Waals surface area contributed by atoms with E-state index in [1.54, 1.807) is 0 Å². The minimum absolute atomic E-state index is 0.0413. The monoisotopic (exact) mass is 579 g/mol. The molecule has 23 nitrogen and oxygen atoms in total. The first-order chi connectivity index (χ1) is 16.7. The topological polar surface area (TPSA) is 338 Å². The van der Waals surface area contributed by atoms with Crippen LogP contribution < -0.4 is 16.9 Å². The lowest BCUT2D eigenvalue weighted by atomic mass is 10.2. The molecule has 1 fully saturated rings. The molecule has 8 N–H and O–H groups in total. The molecule has 1 saturated heterocycles. The lowest BCUT2D eigenvalue weighted by Crippen LogP contribution is -2.30. The van der Waals surface area contributed by atoms with Crippen molar-refractivity contribution in [3.63, 3.8) is 0 Å². The fourth-order valence-electron chi connectivity index (χ4n) is 2.92. The van der Waals surface area contributed by atoms with Crippen molar-refractivity contribution in [1.82, 2.24) is 19.5 Å². The number of H-pyrrole nitrogens is 1. The number of rotatable bonds is 12. The molecule has 5 atom stereocenters. The van der Waals surface area contributed by atoms with Crippen LogP contribution in [0.3, 0.4) is 0 Å². The van der Waals surface area contributed by atoms with Crippen molar-refractivity contribution in [3.05, 3.63) is 27.1 Å². The zero-order chi connectivity index (χ0) is 26.7. The third-order valence-corrected chi connectivity index (χ3v) is 7.92. The highest BCUT2D eigenvalue weighted by Crippen LogP contribution is 2.66. The molecule has 3 rings (SSSR count). The summed E-state index contributed by atoms with van der Waals surface area (Å²) in [5.74, 6) is 4.67. The van der Waals surface area contributed by atoms with E-state index in [1.807, 2.05) is 0 Å². The summed E-state index contributed by atoms with van der Waals surface area (Å²) < 4.78 is 52.8. The number of imidazole rings is 1. The SMILES string of the molecule is [N-]=[N+]=NNc1nc2c(ncn2[C@H]2C[C@H](OON)[C@@H](COP(=O)(O)OP(=O)(O)OP(=O)(O)O)O2)c(=O)[nH]1. The van der Waals surface area contributed by atoms with Crippen LogP contribution in [-0.4, -0.2) is 57.9 Å². The van der Waals surface area contributed by atoms with Crippen LogP contribution in [0.25, 0.3) is 21.6 Å². The van der Waals surface area contributed by atoms with Gasteiger partial charge in [0.1, 0.15) is 18.4 Å². The first-order valence-electron chi connectivity index (χ1n) is 8.96. The second-order valence-corrected chi connectivity index (χ2v) is 10.9. The smallest absolute Gasteiger partial charge is 0.349 e. The van der Waals surface area contributed by atoms with Crippen LogP contribution in [0.15, 0.2) is 16.3 Å². The number of hydrogen-bond donors (Lipinski definition) is 7. The Balaban J connectivity index is 1.77. The van der Waals surface area contributed by atoms with Gasteiger partial charge < -0.3 is 24.3 Å². The summed E-state index contributed by atoms with van der Waals surface area (Å²) in [7, 11) is -16.8. The van der Waals surface area contributed by atoms with E-state index in [9.17, 15) is 28.3 Å². The summed E-state index contributed by atoms with van der Waals surface area (Å²) in [6.07, 6.45) is -2.33. The number of anilines is 1. The number of phosphoric ester groups is 1. The molecule has 2 unspecified atom stereocenters. The van der Waals surface area contributed by atoms with Crippen molar-refractivity contribution in [2.45, 2.75) is 24.9 Å². The Labute approximate surface area is 197 Å². The molecular formula is C10H16N9O14P3. The van der Waals surface area contributed by atoms with E-state index in [2.05, 4.69) is 48.6 Å². The van der Waals surface area contributed by atoms with Crippen molar-refractivity contribution < 1.29 is 61.0 Å². The average molecular weight is 579 g/mol. The maximum Gasteiger partial charge on any atom is 0.490 e. The Bertz CT molecular complexity index is 1350. The van der Waals surface area contributed by atoms with Crippen molar-refractivity contribution in [2.75, 3.05) is 12.0 Å². The lowest BCUT2D eigenvalue weighted by Gasteiger charge is -2.20.